The molecule has 1 saturated heterocycles. The van der Waals surface area contributed by atoms with Crippen molar-refractivity contribution in [1.82, 2.24) is 20.3 Å². The lowest BCUT2D eigenvalue weighted by molar-refractivity contribution is 0.466. The summed E-state index contributed by atoms with van der Waals surface area (Å²) in [5.41, 5.74) is 2.64. The van der Waals surface area contributed by atoms with Crippen molar-refractivity contribution in [1.29, 1.82) is 0 Å². The van der Waals surface area contributed by atoms with Gasteiger partial charge in [-0.1, -0.05) is 48.0 Å². The lowest BCUT2D eigenvalue weighted by Crippen LogP contribution is -2.38. The van der Waals surface area contributed by atoms with Gasteiger partial charge in [-0.25, -0.2) is 23.4 Å². The number of benzene rings is 3. The molecule has 1 aliphatic rings. The van der Waals surface area contributed by atoms with Crippen LogP contribution < -0.4 is 20.1 Å². The number of aryl methyl sites for hydroxylation is 1. The molecule has 222 valence electrons. The molecule has 43 heavy (non-hydrogen) atoms. The Morgan fingerprint density at radius 2 is 1.81 bits per heavy atom. The molecule has 0 radical (unpaired) electrons. The molecular formula is C31H30Cl2N6O3S. The van der Waals surface area contributed by atoms with E-state index in [0.717, 1.165) is 36.9 Å². The number of nitrogens with zero attached hydrogens (tertiary/aromatic N) is 3. The van der Waals surface area contributed by atoms with Crippen molar-refractivity contribution < 1.29 is 13.2 Å². The first-order valence-electron chi connectivity index (χ1n) is 13.6. The largest absolute Gasteiger partial charge is 0.437 e. The van der Waals surface area contributed by atoms with Crippen LogP contribution in [0.3, 0.4) is 0 Å². The van der Waals surface area contributed by atoms with Gasteiger partial charge in [0.1, 0.15) is 10.6 Å². The first-order valence-corrected chi connectivity index (χ1v) is 15.5. The van der Waals surface area contributed by atoms with E-state index in [0.29, 0.717) is 39.9 Å². The molecule has 2 aromatic heterocycles. The predicted molar refractivity (Wildman–Crippen MR) is 173 cm³/mol. The predicted octanol–water partition coefficient (Wildman–Crippen LogP) is 6.83. The van der Waals surface area contributed by atoms with Gasteiger partial charge < -0.3 is 15.4 Å². The highest BCUT2D eigenvalue weighted by molar-refractivity contribution is 7.92. The molecule has 1 aliphatic heterocycles. The molecule has 1 unspecified atom stereocenters. The minimum Gasteiger partial charge on any atom is -0.437 e. The van der Waals surface area contributed by atoms with Crippen LogP contribution in [0.15, 0.2) is 90.1 Å². The second-order valence-electron chi connectivity index (χ2n) is 10.1. The molecule has 12 heteroatoms. The summed E-state index contributed by atoms with van der Waals surface area (Å²) in [5.74, 6) is 1.49. The van der Waals surface area contributed by atoms with Crippen molar-refractivity contribution in [2.75, 3.05) is 23.1 Å². The van der Waals surface area contributed by atoms with Gasteiger partial charge in [0.05, 0.1) is 22.0 Å². The number of fused-ring (bicyclic) bond motifs is 1. The Hall–Kier alpha value is -3.96. The van der Waals surface area contributed by atoms with Gasteiger partial charge >= 0.3 is 0 Å². The number of hydrogen-bond donors (Lipinski definition) is 3. The van der Waals surface area contributed by atoms with E-state index in [1.165, 1.54) is 6.07 Å². The average molecular weight is 638 g/mol. The average Bonchev–Trinajstić information content (AvgIpc) is 2.99. The van der Waals surface area contributed by atoms with E-state index in [9.17, 15) is 8.42 Å². The quantitative estimate of drug-likeness (QED) is 0.170. The van der Waals surface area contributed by atoms with Crippen LogP contribution in [0.5, 0.6) is 11.6 Å². The molecule has 0 saturated carbocycles. The number of aromatic nitrogens is 3. The van der Waals surface area contributed by atoms with Crippen LogP contribution in [-0.2, 0) is 10.0 Å². The highest BCUT2D eigenvalue weighted by Gasteiger charge is 2.21. The number of sulfonamides is 1. The molecule has 1 atom stereocenters. The van der Waals surface area contributed by atoms with Crippen LogP contribution in [0, 0.1) is 6.92 Å². The minimum absolute atomic E-state index is 0. The topological polar surface area (TPSA) is 118 Å². The zero-order valence-corrected chi connectivity index (χ0v) is 25.6. The smallest absolute Gasteiger partial charge is 0.263 e. The molecule has 1 fully saturated rings. The Kier molecular flexibility index (Phi) is 9.31. The Balaban J connectivity index is 0.00000368. The molecule has 3 aromatic carbocycles. The SMILES string of the molecule is Cc1ccc2c(NS(=O)(=O)c3ccccc3Cl)cccc2c1Oc1ncccc1-c1ccnc(NC2CCCNC2)n1.Cl. The Morgan fingerprint density at radius 3 is 2.63 bits per heavy atom. The second-order valence-corrected chi connectivity index (χ2v) is 12.1. The van der Waals surface area contributed by atoms with Crippen molar-refractivity contribution in [3.8, 4) is 22.9 Å². The van der Waals surface area contributed by atoms with Gasteiger partial charge in [-0.15, -0.1) is 12.4 Å². The van der Waals surface area contributed by atoms with Crippen molar-refractivity contribution in [3.63, 3.8) is 0 Å². The number of anilines is 2. The van der Waals surface area contributed by atoms with Crippen molar-refractivity contribution in [3.05, 3.63) is 95.8 Å². The second kappa shape index (κ2) is 13.1. The number of piperidine rings is 1. The third kappa shape index (κ3) is 6.67. The van der Waals surface area contributed by atoms with Crippen LogP contribution in [0.4, 0.5) is 11.6 Å². The fourth-order valence-corrected chi connectivity index (χ4v) is 6.63. The zero-order chi connectivity index (χ0) is 29.1. The number of rotatable bonds is 8. The van der Waals surface area contributed by atoms with E-state index in [4.69, 9.17) is 21.3 Å². The van der Waals surface area contributed by atoms with E-state index in [2.05, 4.69) is 25.3 Å². The maximum atomic E-state index is 13.2. The van der Waals surface area contributed by atoms with Crippen molar-refractivity contribution in [2.45, 2.75) is 30.7 Å². The molecule has 5 aromatic rings. The molecule has 0 amide bonds. The number of hydrogen-bond acceptors (Lipinski definition) is 8. The number of ether oxygens (including phenoxy) is 1. The van der Waals surface area contributed by atoms with E-state index >= 15 is 0 Å². The molecule has 0 spiro atoms. The first-order chi connectivity index (χ1) is 20.4. The van der Waals surface area contributed by atoms with Crippen LogP contribution in [0.1, 0.15) is 18.4 Å². The van der Waals surface area contributed by atoms with Crippen LogP contribution >= 0.6 is 24.0 Å². The summed E-state index contributed by atoms with van der Waals surface area (Å²) in [6, 6.07) is 21.3. The molecular weight excluding hydrogens is 607 g/mol. The maximum absolute atomic E-state index is 13.2. The summed E-state index contributed by atoms with van der Waals surface area (Å²) in [6.07, 6.45) is 5.54. The summed E-state index contributed by atoms with van der Waals surface area (Å²) in [6.45, 7) is 3.83. The van der Waals surface area contributed by atoms with Crippen molar-refractivity contribution in [2.24, 2.45) is 0 Å². The van der Waals surface area contributed by atoms with Gasteiger partial charge in [0.25, 0.3) is 10.0 Å². The molecule has 3 heterocycles. The van der Waals surface area contributed by atoms with E-state index in [1.807, 2.05) is 43.3 Å². The molecule has 0 aliphatic carbocycles. The molecule has 0 bridgehead atoms. The van der Waals surface area contributed by atoms with E-state index < -0.39 is 10.0 Å². The standard InChI is InChI=1S/C31H29ClN6O3S.ClH/c1-20-13-14-22-23(8-4-11-27(22)38-42(39,40)28-12-3-2-10-25(28)32)29(20)41-30-24(9-6-17-34-30)26-15-18-35-31(37-26)36-21-7-5-16-33-19-21;/h2-4,6,8-15,17-18,21,33,38H,5,7,16,19H2,1H3,(H,35,36,37);1H. The highest BCUT2D eigenvalue weighted by Crippen LogP contribution is 2.39. The monoisotopic (exact) mass is 636 g/mol. The van der Waals surface area contributed by atoms with Gasteiger partial charge in [0.2, 0.25) is 11.8 Å². The van der Waals surface area contributed by atoms with Crippen LogP contribution in [-0.4, -0.2) is 42.5 Å². The fourth-order valence-electron chi connectivity index (χ4n) is 5.03. The van der Waals surface area contributed by atoms with E-state index in [1.54, 1.807) is 42.7 Å². The lowest BCUT2D eigenvalue weighted by atomic mass is 10.0. The van der Waals surface area contributed by atoms with Gasteiger partial charge in [0, 0.05) is 35.8 Å². The summed E-state index contributed by atoms with van der Waals surface area (Å²) in [5, 5.41) is 8.35. The third-order valence-corrected chi connectivity index (χ3v) is 8.98. The zero-order valence-electron chi connectivity index (χ0n) is 23.2. The highest BCUT2D eigenvalue weighted by atomic mass is 35.5. The molecule has 9 nitrogen and oxygen atoms in total. The maximum Gasteiger partial charge on any atom is 0.263 e. The minimum atomic E-state index is -3.93. The van der Waals surface area contributed by atoms with Crippen LogP contribution in [0.2, 0.25) is 5.02 Å². The number of pyridine rings is 1. The fraction of sp³-hybridized carbons (Fsp3) is 0.194. The summed E-state index contributed by atoms with van der Waals surface area (Å²) >= 11 is 6.19. The molecule has 3 N–H and O–H groups in total. The van der Waals surface area contributed by atoms with Gasteiger partial charge in [0.15, 0.2) is 0 Å². The number of halogens is 2. The Labute approximate surface area is 261 Å². The van der Waals surface area contributed by atoms with Crippen LogP contribution in [0.25, 0.3) is 22.0 Å². The van der Waals surface area contributed by atoms with Gasteiger partial charge in [-0.2, -0.15) is 0 Å². The summed E-state index contributed by atoms with van der Waals surface area (Å²) < 4.78 is 35.6. The van der Waals surface area contributed by atoms with E-state index in [-0.39, 0.29) is 28.4 Å². The summed E-state index contributed by atoms with van der Waals surface area (Å²) in [7, 11) is -3.93. The van der Waals surface area contributed by atoms with Gasteiger partial charge in [-0.05, 0) is 68.3 Å². The third-order valence-electron chi connectivity index (χ3n) is 7.11. The van der Waals surface area contributed by atoms with Gasteiger partial charge in [-0.3, -0.25) is 4.72 Å². The Morgan fingerprint density at radius 1 is 0.953 bits per heavy atom. The number of nitrogens with one attached hydrogen (secondary N) is 3. The molecule has 6 rings (SSSR count). The first kappa shape index (κ1) is 30.5. The normalized spacial score (nSPS) is 15.0. The van der Waals surface area contributed by atoms with Crippen molar-refractivity contribution >= 4 is 56.4 Å². The Bertz CT molecular complexity index is 1870. The summed E-state index contributed by atoms with van der Waals surface area (Å²) in [4.78, 5) is 13.7. The lowest BCUT2D eigenvalue weighted by Gasteiger charge is -2.23.